The van der Waals surface area contributed by atoms with Crippen molar-refractivity contribution in [2.45, 2.75) is 26.8 Å². The Balaban J connectivity index is 2.18. The summed E-state index contributed by atoms with van der Waals surface area (Å²) in [7, 11) is 0. The third-order valence-electron chi connectivity index (χ3n) is 2.79. The summed E-state index contributed by atoms with van der Waals surface area (Å²) in [4.78, 5) is 16.5. The van der Waals surface area contributed by atoms with Crippen LogP contribution in [0.1, 0.15) is 29.9 Å². The standard InChI is InChI=1S/C16H19N3O/c1-11(2)18-15-7-5-4-6-14(15)16(20)19-13-9-8-12(3)17-10-13/h4-11,18H,1-3H3,(H,19,20). The number of hydrogen-bond acceptors (Lipinski definition) is 3. The molecular formula is C16H19N3O. The van der Waals surface area contributed by atoms with Crippen molar-refractivity contribution < 1.29 is 4.79 Å². The molecule has 0 bridgehead atoms. The van der Waals surface area contributed by atoms with Gasteiger partial charge in [-0.3, -0.25) is 9.78 Å². The summed E-state index contributed by atoms with van der Waals surface area (Å²) < 4.78 is 0. The molecule has 2 rings (SSSR count). The molecule has 0 radical (unpaired) electrons. The van der Waals surface area contributed by atoms with Crippen LogP contribution in [0.15, 0.2) is 42.6 Å². The molecule has 2 aromatic rings. The topological polar surface area (TPSA) is 54.0 Å². The van der Waals surface area contributed by atoms with E-state index in [9.17, 15) is 4.79 Å². The predicted molar refractivity (Wildman–Crippen MR) is 82.1 cm³/mol. The first kappa shape index (κ1) is 14.1. The van der Waals surface area contributed by atoms with Crippen molar-refractivity contribution in [3.05, 3.63) is 53.9 Å². The second-order valence-electron chi connectivity index (χ2n) is 4.99. The van der Waals surface area contributed by atoms with Crippen molar-refractivity contribution in [3.63, 3.8) is 0 Å². The zero-order valence-corrected chi connectivity index (χ0v) is 12.0. The number of rotatable bonds is 4. The average Bonchev–Trinajstić information content (AvgIpc) is 2.41. The van der Waals surface area contributed by atoms with Crippen molar-refractivity contribution in [2.24, 2.45) is 0 Å². The molecule has 0 aliphatic rings. The lowest BCUT2D eigenvalue weighted by Gasteiger charge is -2.14. The van der Waals surface area contributed by atoms with Crippen molar-refractivity contribution in [1.29, 1.82) is 0 Å². The van der Waals surface area contributed by atoms with Crippen LogP contribution < -0.4 is 10.6 Å². The number of carbonyl (C=O) groups is 1. The molecule has 0 aliphatic heterocycles. The summed E-state index contributed by atoms with van der Waals surface area (Å²) in [6.45, 7) is 5.99. The van der Waals surface area contributed by atoms with Gasteiger partial charge in [-0.15, -0.1) is 0 Å². The first-order chi connectivity index (χ1) is 9.56. The van der Waals surface area contributed by atoms with Crippen molar-refractivity contribution in [1.82, 2.24) is 4.98 Å². The van der Waals surface area contributed by atoms with E-state index in [0.717, 1.165) is 11.4 Å². The summed E-state index contributed by atoms with van der Waals surface area (Å²) in [5.74, 6) is -0.139. The maximum atomic E-state index is 12.3. The van der Waals surface area contributed by atoms with Crippen LogP contribution in [0.25, 0.3) is 0 Å². The molecule has 0 saturated carbocycles. The quantitative estimate of drug-likeness (QED) is 0.893. The Labute approximate surface area is 119 Å². The Morgan fingerprint density at radius 1 is 1.15 bits per heavy atom. The summed E-state index contributed by atoms with van der Waals surface area (Å²) in [5.41, 5.74) is 3.08. The van der Waals surface area contributed by atoms with Crippen LogP contribution in [0.2, 0.25) is 0 Å². The van der Waals surface area contributed by atoms with Crippen LogP contribution in [-0.4, -0.2) is 16.9 Å². The second kappa shape index (κ2) is 6.19. The lowest BCUT2D eigenvalue weighted by Crippen LogP contribution is -2.17. The SMILES string of the molecule is Cc1ccc(NC(=O)c2ccccc2NC(C)C)cn1. The van der Waals surface area contributed by atoms with E-state index in [-0.39, 0.29) is 11.9 Å². The van der Waals surface area contributed by atoms with E-state index >= 15 is 0 Å². The van der Waals surface area contributed by atoms with Gasteiger partial charge >= 0.3 is 0 Å². The first-order valence-corrected chi connectivity index (χ1v) is 6.66. The van der Waals surface area contributed by atoms with E-state index in [1.807, 2.05) is 57.2 Å². The Kier molecular flexibility index (Phi) is 4.35. The number of aryl methyl sites for hydroxylation is 1. The fourth-order valence-electron chi connectivity index (χ4n) is 1.86. The Morgan fingerprint density at radius 3 is 2.55 bits per heavy atom. The number of anilines is 2. The monoisotopic (exact) mass is 269 g/mol. The fraction of sp³-hybridized carbons (Fsp3) is 0.250. The highest BCUT2D eigenvalue weighted by Gasteiger charge is 2.11. The van der Waals surface area contributed by atoms with Gasteiger partial charge in [0.25, 0.3) is 5.91 Å². The molecule has 0 fully saturated rings. The molecule has 20 heavy (non-hydrogen) atoms. The van der Waals surface area contributed by atoms with Gasteiger partial charge in [0, 0.05) is 17.4 Å². The van der Waals surface area contributed by atoms with Crippen molar-refractivity contribution in [2.75, 3.05) is 10.6 Å². The predicted octanol–water partition coefficient (Wildman–Crippen LogP) is 3.46. The minimum atomic E-state index is -0.139. The van der Waals surface area contributed by atoms with E-state index in [1.165, 1.54) is 0 Å². The third kappa shape index (κ3) is 3.57. The van der Waals surface area contributed by atoms with Gasteiger partial charge in [-0.25, -0.2) is 0 Å². The largest absolute Gasteiger partial charge is 0.382 e. The van der Waals surface area contributed by atoms with Crippen molar-refractivity contribution in [3.8, 4) is 0 Å². The van der Waals surface area contributed by atoms with Crippen LogP contribution >= 0.6 is 0 Å². The second-order valence-corrected chi connectivity index (χ2v) is 4.99. The van der Waals surface area contributed by atoms with Crippen LogP contribution in [0.3, 0.4) is 0 Å². The van der Waals surface area contributed by atoms with E-state index in [1.54, 1.807) is 6.20 Å². The number of pyridine rings is 1. The first-order valence-electron chi connectivity index (χ1n) is 6.66. The number of benzene rings is 1. The van der Waals surface area contributed by atoms with E-state index in [0.29, 0.717) is 11.3 Å². The number of amides is 1. The number of para-hydroxylation sites is 1. The lowest BCUT2D eigenvalue weighted by atomic mass is 10.1. The molecule has 0 atom stereocenters. The van der Waals surface area contributed by atoms with E-state index in [2.05, 4.69) is 15.6 Å². The molecule has 1 aromatic carbocycles. The number of hydrogen-bond donors (Lipinski definition) is 2. The number of aromatic nitrogens is 1. The molecule has 4 nitrogen and oxygen atoms in total. The molecule has 1 amide bonds. The van der Waals surface area contributed by atoms with Gasteiger partial charge in [0.15, 0.2) is 0 Å². The molecule has 104 valence electrons. The van der Waals surface area contributed by atoms with Crippen molar-refractivity contribution >= 4 is 17.3 Å². The average molecular weight is 269 g/mol. The van der Waals surface area contributed by atoms with Crippen LogP contribution in [0.5, 0.6) is 0 Å². The van der Waals surface area contributed by atoms with Gasteiger partial charge in [-0.05, 0) is 45.0 Å². The van der Waals surface area contributed by atoms with E-state index < -0.39 is 0 Å². The van der Waals surface area contributed by atoms with Gasteiger partial charge in [0.05, 0.1) is 17.4 Å². The lowest BCUT2D eigenvalue weighted by molar-refractivity contribution is 0.102. The highest BCUT2D eigenvalue weighted by Crippen LogP contribution is 2.18. The van der Waals surface area contributed by atoms with E-state index in [4.69, 9.17) is 0 Å². The smallest absolute Gasteiger partial charge is 0.257 e. The van der Waals surface area contributed by atoms with Gasteiger partial charge in [-0.2, -0.15) is 0 Å². The van der Waals surface area contributed by atoms with Gasteiger partial charge in [-0.1, -0.05) is 12.1 Å². The molecule has 0 saturated heterocycles. The van der Waals surface area contributed by atoms with Gasteiger partial charge in [0.2, 0.25) is 0 Å². The van der Waals surface area contributed by atoms with Crippen LogP contribution in [-0.2, 0) is 0 Å². The number of nitrogens with zero attached hydrogens (tertiary/aromatic N) is 1. The highest BCUT2D eigenvalue weighted by atomic mass is 16.1. The van der Waals surface area contributed by atoms with Gasteiger partial charge in [0.1, 0.15) is 0 Å². The number of nitrogens with one attached hydrogen (secondary N) is 2. The Morgan fingerprint density at radius 2 is 1.90 bits per heavy atom. The molecule has 1 heterocycles. The third-order valence-corrected chi connectivity index (χ3v) is 2.79. The zero-order valence-electron chi connectivity index (χ0n) is 12.0. The maximum Gasteiger partial charge on any atom is 0.257 e. The van der Waals surface area contributed by atoms with Gasteiger partial charge < -0.3 is 10.6 Å². The summed E-state index contributed by atoms with van der Waals surface area (Å²) in [6.07, 6.45) is 1.66. The minimum absolute atomic E-state index is 0.139. The van der Waals surface area contributed by atoms with Crippen LogP contribution in [0, 0.1) is 6.92 Å². The summed E-state index contributed by atoms with van der Waals surface area (Å²) in [6, 6.07) is 11.5. The molecule has 0 spiro atoms. The number of carbonyl (C=O) groups excluding carboxylic acids is 1. The minimum Gasteiger partial charge on any atom is -0.382 e. The zero-order chi connectivity index (χ0) is 14.5. The molecular weight excluding hydrogens is 250 g/mol. The normalized spacial score (nSPS) is 10.4. The fourth-order valence-corrected chi connectivity index (χ4v) is 1.86. The van der Waals surface area contributed by atoms with Crippen LogP contribution in [0.4, 0.5) is 11.4 Å². The molecule has 2 N–H and O–H groups in total. The Hall–Kier alpha value is -2.36. The Bertz CT molecular complexity index is 591. The molecule has 4 heteroatoms. The maximum absolute atomic E-state index is 12.3. The summed E-state index contributed by atoms with van der Waals surface area (Å²) in [5, 5.41) is 6.13. The molecule has 1 aromatic heterocycles. The highest BCUT2D eigenvalue weighted by molar-refractivity contribution is 6.08. The molecule has 0 aliphatic carbocycles. The molecule has 0 unspecified atom stereocenters. The summed E-state index contributed by atoms with van der Waals surface area (Å²) >= 11 is 0.